The molecule has 0 fully saturated rings. The third kappa shape index (κ3) is 2.02. The van der Waals surface area contributed by atoms with Crippen LogP contribution < -0.4 is 11.1 Å². The average molecular weight is 246 g/mol. The third-order valence-electron chi connectivity index (χ3n) is 1.97. The first-order chi connectivity index (χ1) is 8.26. The van der Waals surface area contributed by atoms with Gasteiger partial charge >= 0.3 is 0 Å². The molecule has 0 atom stereocenters. The fourth-order valence-electron chi connectivity index (χ4n) is 1.19. The number of nitrogens with zero attached hydrogens (tertiary/aromatic N) is 4. The van der Waals surface area contributed by atoms with Gasteiger partial charge in [0.25, 0.3) is 0 Å². The van der Waals surface area contributed by atoms with Crippen molar-refractivity contribution in [2.24, 2.45) is 0 Å². The van der Waals surface area contributed by atoms with Crippen LogP contribution in [-0.4, -0.2) is 10.1 Å². The van der Waals surface area contributed by atoms with Gasteiger partial charge < -0.3 is 15.6 Å². The van der Waals surface area contributed by atoms with Crippen LogP contribution in [0.3, 0.4) is 0 Å². The zero-order valence-corrected chi connectivity index (χ0v) is 9.28. The Labute approximate surface area is 100 Å². The van der Waals surface area contributed by atoms with E-state index in [1.54, 1.807) is 0 Å². The lowest BCUT2D eigenvalue weighted by Crippen LogP contribution is -2.01. The summed E-state index contributed by atoms with van der Waals surface area (Å²) in [5, 5.41) is 24.8. The van der Waals surface area contributed by atoms with Crippen molar-refractivity contribution in [1.29, 1.82) is 10.5 Å². The second-order valence-corrected chi connectivity index (χ2v) is 3.99. The largest absolute Gasteiger partial charge is 0.396 e. The van der Waals surface area contributed by atoms with Crippen molar-refractivity contribution in [2.75, 3.05) is 11.1 Å². The highest BCUT2D eigenvalue weighted by Crippen LogP contribution is 2.34. The quantitative estimate of drug-likeness (QED) is 0.829. The summed E-state index contributed by atoms with van der Waals surface area (Å²) in [6.07, 6.45) is 1.21. The molecule has 2 aromatic heterocycles. The molecule has 0 radical (unpaired) electrons. The number of hydrogen-bond acceptors (Lipinski definition) is 8. The first-order valence-corrected chi connectivity index (χ1v) is 5.29. The van der Waals surface area contributed by atoms with E-state index < -0.39 is 0 Å². The van der Waals surface area contributed by atoms with Gasteiger partial charge in [0, 0.05) is 0 Å². The molecule has 2 heterocycles. The Hall–Kier alpha value is -2.58. The molecule has 0 spiro atoms. The minimum atomic E-state index is 0.204. The van der Waals surface area contributed by atoms with Gasteiger partial charge in [0.2, 0.25) is 6.39 Å². The smallest absolute Gasteiger partial charge is 0.213 e. The van der Waals surface area contributed by atoms with E-state index in [0.717, 1.165) is 11.3 Å². The Morgan fingerprint density at radius 2 is 2.29 bits per heavy atom. The number of hydrogen-bond donors (Lipinski definition) is 2. The van der Waals surface area contributed by atoms with Crippen LogP contribution in [0.5, 0.6) is 0 Å². The molecule has 3 N–H and O–H groups in total. The van der Waals surface area contributed by atoms with Gasteiger partial charge in [-0.25, -0.2) is 0 Å². The van der Waals surface area contributed by atoms with Gasteiger partial charge in [-0.2, -0.15) is 15.5 Å². The van der Waals surface area contributed by atoms with Crippen LogP contribution in [0.4, 0.5) is 10.7 Å². The fraction of sp³-hybridized carbons (Fsp3) is 0.111. The SMILES string of the molecule is N#Cc1sc(NCc2ncon2)c(C#N)c1N. The number of nitrogen functional groups attached to an aromatic ring is 1. The Kier molecular flexibility index (Phi) is 2.90. The molecule has 2 rings (SSSR count). The first kappa shape index (κ1) is 10.9. The predicted molar refractivity (Wildman–Crippen MR) is 59.8 cm³/mol. The summed E-state index contributed by atoms with van der Waals surface area (Å²) in [6, 6.07) is 3.89. The predicted octanol–water partition coefficient (Wildman–Crippen LogP) is 1.07. The molecule has 84 valence electrons. The van der Waals surface area contributed by atoms with Crippen LogP contribution >= 0.6 is 11.3 Å². The van der Waals surface area contributed by atoms with Gasteiger partial charge in [-0.05, 0) is 0 Å². The molecule has 17 heavy (non-hydrogen) atoms. The number of aromatic nitrogens is 2. The zero-order chi connectivity index (χ0) is 12.3. The molecular formula is C9H6N6OS. The van der Waals surface area contributed by atoms with E-state index in [0.29, 0.717) is 22.2 Å². The Morgan fingerprint density at radius 3 is 2.88 bits per heavy atom. The maximum Gasteiger partial charge on any atom is 0.213 e. The van der Waals surface area contributed by atoms with E-state index in [4.69, 9.17) is 16.3 Å². The fourth-order valence-corrected chi connectivity index (χ4v) is 2.06. The molecule has 0 unspecified atom stereocenters. The van der Waals surface area contributed by atoms with Crippen molar-refractivity contribution in [1.82, 2.24) is 10.1 Å². The molecule has 8 heteroatoms. The zero-order valence-electron chi connectivity index (χ0n) is 8.47. The van der Waals surface area contributed by atoms with E-state index in [-0.39, 0.29) is 11.3 Å². The molecule has 0 aliphatic carbocycles. The number of nitriles is 2. The second kappa shape index (κ2) is 4.51. The van der Waals surface area contributed by atoms with Crippen molar-refractivity contribution in [3.05, 3.63) is 22.7 Å². The van der Waals surface area contributed by atoms with E-state index in [2.05, 4.69) is 20.0 Å². The van der Waals surface area contributed by atoms with Gasteiger partial charge in [-0.1, -0.05) is 5.16 Å². The van der Waals surface area contributed by atoms with Gasteiger partial charge in [0.15, 0.2) is 5.82 Å². The topological polar surface area (TPSA) is 125 Å². The summed E-state index contributed by atoms with van der Waals surface area (Å²) in [5.41, 5.74) is 6.13. The third-order valence-corrected chi connectivity index (χ3v) is 3.04. The molecule has 0 aliphatic heterocycles. The highest BCUT2D eigenvalue weighted by molar-refractivity contribution is 7.17. The molecule has 0 saturated carbocycles. The average Bonchev–Trinajstić information content (AvgIpc) is 2.94. The summed E-state index contributed by atoms with van der Waals surface area (Å²) in [7, 11) is 0. The number of nitrogens with two attached hydrogens (primary N) is 1. The monoisotopic (exact) mass is 246 g/mol. The minimum absolute atomic E-state index is 0.204. The standard InChI is InChI=1S/C9H6N6OS/c10-1-5-8(12)6(2-11)17-9(5)13-3-7-14-4-16-15-7/h4,13H,3,12H2. The summed E-state index contributed by atoms with van der Waals surface area (Å²) >= 11 is 1.13. The van der Waals surface area contributed by atoms with Crippen molar-refractivity contribution in [2.45, 2.75) is 6.54 Å². The normalized spacial score (nSPS) is 9.53. The van der Waals surface area contributed by atoms with Crippen LogP contribution in [0.1, 0.15) is 16.3 Å². The van der Waals surface area contributed by atoms with Gasteiger partial charge in [0.1, 0.15) is 27.6 Å². The molecule has 0 amide bonds. The van der Waals surface area contributed by atoms with Gasteiger partial charge in [-0.3, -0.25) is 0 Å². The number of rotatable bonds is 3. The highest BCUT2D eigenvalue weighted by atomic mass is 32.1. The van der Waals surface area contributed by atoms with Crippen LogP contribution in [-0.2, 0) is 6.54 Å². The molecular weight excluding hydrogens is 240 g/mol. The summed E-state index contributed by atoms with van der Waals surface area (Å²) in [4.78, 5) is 4.14. The van der Waals surface area contributed by atoms with Gasteiger partial charge in [0.05, 0.1) is 12.2 Å². The Morgan fingerprint density at radius 1 is 1.47 bits per heavy atom. The van der Waals surface area contributed by atoms with Crippen LogP contribution in [0.2, 0.25) is 0 Å². The Bertz CT molecular complexity index is 603. The maximum atomic E-state index is 8.94. The van der Waals surface area contributed by atoms with Crippen molar-refractivity contribution < 1.29 is 4.52 Å². The van der Waals surface area contributed by atoms with Crippen molar-refractivity contribution in [3.8, 4) is 12.1 Å². The lowest BCUT2D eigenvalue weighted by molar-refractivity contribution is 0.411. The second-order valence-electron chi connectivity index (χ2n) is 2.97. The van der Waals surface area contributed by atoms with Gasteiger partial charge in [-0.15, -0.1) is 11.3 Å². The number of anilines is 2. The summed E-state index contributed by atoms with van der Waals surface area (Å²) < 4.78 is 4.57. The van der Waals surface area contributed by atoms with E-state index in [1.807, 2.05) is 12.1 Å². The molecule has 0 bridgehead atoms. The van der Waals surface area contributed by atoms with E-state index >= 15 is 0 Å². The molecule has 0 saturated heterocycles. The summed E-state index contributed by atoms with van der Waals surface area (Å²) in [6.45, 7) is 0.302. The number of nitrogens with one attached hydrogen (secondary N) is 1. The first-order valence-electron chi connectivity index (χ1n) is 4.47. The molecule has 7 nitrogen and oxygen atoms in total. The maximum absolute atomic E-state index is 8.94. The molecule has 0 aliphatic rings. The Balaban J connectivity index is 2.22. The number of thiophene rings is 1. The van der Waals surface area contributed by atoms with E-state index in [9.17, 15) is 0 Å². The van der Waals surface area contributed by atoms with Crippen molar-refractivity contribution in [3.63, 3.8) is 0 Å². The minimum Gasteiger partial charge on any atom is -0.396 e. The van der Waals surface area contributed by atoms with Crippen molar-refractivity contribution >= 4 is 22.0 Å². The lowest BCUT2D eigenvalue weighted by Gasteiger charge is -1.99. The lowest BCUT2D eigenvalue weighted by atomic mass is 10.2. The highest BCUT2D eigenvalue weighted by Gasteiger charge is 2.15. The molecule has 2 aromatic rings. The van der Waals surface area contributed by atoms with Crippen LogP contribution in [0.15, 0.2) is 10.9 Å². The van der Waals surface area contributed by atoms with Crippen LogP contribution in [0.25, 0.3) is 0 Å². The summed E-state index contributed by atoms with van der Waals surface area (Å²) in [5.74, 6) is 0.458. The van der Waals surface area contributed by atoms with E-state index in [1.165, 1.54) is 6.39 Å². The molecule has 0 aromatic carbocycles. The van der Waals surface area contributed by atoms with Crippen LogP contribution in [0, 0.1) is 22.7 Å².